The van der Waals surface area contributed by atoms with Crippen LogP contribution in [-0.4, -0.2) is 16.6 Å². The molecule has 3 rings (SSSR count). The van der Waals surface area contributed by atoms with Gasteiger partial charge in [-0.05, 0) is 43.8 Å². The first kappa shape index (κ1) is 11.9. The smallest absolute Gasteiger partial charge is 0.100 e. The Labute approximate surface area is 112 Å². The number of para-hydroxylation sites is 2. The Hall–Kier alpha value is -2.13. The van der Waals surface area contributed by atoms with Crippen LogP contribution in [0.1, 0.15) is 18.5 Å². The van der Waals surface area contributed by atoms with Crippen molar-refractivity contribution in [2.24, 2.45) is 0 Å². The van der Waals surface area contributed by atoms with Crippen molar-refractivity contribution in [1.29, 1.82) is 0 Å². The lowest BCUT2D eigenvalue weighted by Gasteiger charge is -2.12. The highest BCUT2D eigenvalue weighted by molar-refractivity contribution is 5.77. The van der Waals surface area contributed by atoms with Crippen molar-refractivity contribution in [1.82, 2.24) is 14.9 Å². The highest BCUT2D eigenvalue weighted by Gasteiger charge is 2.06. The number of nitrogens with one attached hydrogen (secondary N) is 1. The summed E-state index contributed by atoms with van der Waals surface area (Å²) in [5.74, 6) is 0. The van der Waals surface area contributed by atoms with E-state index in [9.17, 15) is 0 Å². The van der Waals surface area contributed by atoms with Crippen LogP contribution < -0.4 is 5.32 Å². The van der Waals surface area contributed by atoms with Crippen LogP contribution in [0.3, 0.4) is 0 Å². The minimum absolute atomic E-state index is 0.342. The second-order valence-corrected chi connectivity index (χ2v) is 4.71. The lowest BCUT2D eigenvalue weighted by atomic mass is 10.1. The summed E-state index contributed by atoms with van der Waals surface area (Å²) in [6, 6.07) is 17.1. The summed E-state index contributed by atoms with van der Waals surface area (Å²) in [5.41, 5.74) is 4.58. The monoisotopic (exact) mass is 251 g/mol. The van der Waals surface area contributed by atoms with Crippen LogP contribution in [0.25, 0.3) is 16.7 Å². The third kappa shape index (κ3) is 2.13. The predicted octanol–water partition coefficient (Wildman–Crippen LogP) is 3.31. The van der Waals surface area contributed by atoms with Gasteiger partial charge in [0.2, 0.25) is 0 Å². The van der Waals surface area contributed by atoms with Crippen molar-refractivity contribution >= 4 is 11.0 Å². The molecule has 1 aromatic heterocycles. The molecule has 0 bridgehead atoms. The van der Waals surface area contributed by atoms with Gasteiger partial charge in [-0.1, -0.05) is 24.3 Å². The molecule has 3 aromatic rings. The van der Waals surface area contributed by atoms with Crippen molar-refractivity contribution < 1.29 is 0 Å². The van der Waals surface area contributed by atoms with E-state index >= 15 is 0 Å². The lowest BCUT2D eigenvalue weighted by Crippen LogP contribution is -2.12. The Bertz CT molecular complexity index is 700. The van der Waals surface area contributed by atoms with Crippen LogP contribution >= 0.6 is 0 Å². The molecule has 19 heavy (non-hydrogen) atoms. The van der Waals surface area contributed by atoms with Crippen molar-refractivity contribution in [3.63, 3.8) is 0 Å². The summed E-state index contributed by atoms with van der Waals surface area (Å²) in [6.45, 7) is 2.16. The van der Waals surface area contributed by atoms with E-state index in [4.69, 9.17) is 0 Å². The number of rotatable bonds is 3. The van der Waals surface area contributed by atoms with Gasteiger partial charge in [0.1, 0.15) is 6.33 Å². The zero-order valence-electron chi connectivity index (χ0n) is 11.2. The van der Waals surface area contributed by atoms with E-state index in [1.54, 1.807) is 0 Å². The number of aromatic nitrogens is 2. The SMILES string of the molecule is CNC(C)c1cccc(-n2cnc3ccccc32)c1. The maximum atomic E-state index is 4.44. The second kappa shape index (κ2) is 4.86. The van der Waals surface area contributed by atoms with Crippen LogP contribution in [0.4, 0.5) is 0 Å². The van der Waals surface area contributed by atoms with Gasteiger partial charge < -0.3 is 5.32 Å². The summed E-state index contributed by atoms with van der Waals surface area (Å²) >= 11 is 0. The summed E-state index contributed by atoms with van der Waals surface area (Å²) in [7, 11) is 1.98. The maximum absolute atomic E-state index is 4.44. The highest BCUT2D eigenvalue weighted by Crippen LogP contribution is 2.21. The Morgan fingerprint density at radius 3 is 2.79 bits per heavy atom. The van der Waals surface area contributed by atoms with Crippen LogP contribution in [0.2, 0.25) is 0 Å². The molecule has 1 N–H and O–H groups in total. The molecular formula is C16H17N3. The molecule has 1 heterocycles. The molecule has 0 aliphatic heterocycles. The first-order chi connectivity index (χ1) is 9.29. The summed E-state index contributed by atoms with van der Waals surface area (Å²) in [5, 5.41) is 3.27. The third-order valence-corrected chi connectivity index (χ3v) is 3.53. The van der Waals surface area contributed by atoms with Crippen molar-refractivity contribution in [2.75, 3.05) is 7.05 Å². The van der Waals surface area contributed by atoms with E-state index in [1.165, 1.54) is 5.56 Å². The molecule has 0 amide bonds. The largest absolute Gasteiger partial charge is 0.313 e. The van der Waals surface area contributed by atoms with E-state index < -0.39 is 0 Å². The van der Waals surface area contributed by atoms with Gasteiger partial charge in [0.05, 0.1) is 11.0 Å². The molecule has 0 fully saturated rings. The molecule has 3 heteroatoms. The molecule has 0 saturated carbocycles. The molecule has 0 saturated heterocycles. The Morgan fingerprint density at radius 1 is 1.11 bits per heavy atom. The number of hydrogen-bond acceptors (Lipinski definition) is 2. The molecule has 1 unspecified atom stereocenters. The van der Waals surface area contributed by atoms with E-state index in [-0.39, 0.29) is 0 Å². The van der Waals surface area contributed by atoms with Gasteiger partial charge in [-0.2, -0.15) is 0 Å². The Kier molecular flexibility index (Phi) is 3.05. The number of fused-ring (bicyclic) bond motifs is 1. The van der Waals surface area contributed by atoms with E-state index in [2.05, 4.69) is 52.1 Å². The second-order valence-electron chi connectivity index (χ2n) is 4.71. The molecule has 2 aromatic carbocycles. The molecule has 1 atom stereocenters. The summed E-state index contributed by atoms with van der Waals surface area (Å²) in [4.78, 5) is 4.44. The molecule has 0 radical (unpaired) electrons. The number of imidazole rings is 1. The van der Waals surface area contributed by atoms with Gasteiger partial charge in [-0.25, -0.2) is 4.98 Å². The van der Waals surface area contributed by atoms with Crippen molar-refractivity contribution in [3.05, 3.63) is 60.4 Å². The van der Waals surface area contributed by atoms with Crippen LogP contribution in [0, 0.1) is 0 Å². The number of nitrogens with zero attached hydrogens (tertiary/aromatic N) is 2. The van der Waals surface area contributed by atoms with E-state index in [0.717, 1.165) is 16.7 Å². The Balaban J connectivity index is 2.11. The zero-order valence-corrected chi connectivity index (χ0v) is 11.2. The van der Waals surface area contributed by atoms with Gasteiger partial charge >= 0.3 is 0 Å². The topological polar surface area (TPSA) is 29.9 Å². The van der Waals surface area contributed by atoms with Gasteiger partial charge in [0.15, 0.2) is 0 Å². The molecule has 0 spiro atoms. The Morgan fingerprint density at radius 2 is 1.95 bits per heavy atom. The fourth-order valence-electron chi connectivity index (χ4n) is 2.28. The maximum Gasteiger partial charge on any atom is 0.100 e. The zero-order chi connectivity index (χ0) is 13.2. The fourth-order valence-corrected chi connectivity index (χ4v) is 2.28. The molecule has 0 aliphatic carbocycles. The van der Waals surface area contributed by atoms with Gasteiger partial charge in [-0.3, -0.25) is 4.57 Å². The predicted molar refractivity (Wildman–Crippen MR) is 78.5 cm³/mol. The molecular weight excluding hydrogens is 234 g/mol. The average molecular weight is 251 g/mol. The summed E-state index contributed by atoms with van der Waals surface area (Å²) < 4.78 is 2.13. The minimum Gasteiger partial charge on any atom is -0.313 e. The lowest BCUT2D eigenvalue weighted by molar-refractivity contribution is 0.652. The first-order valence-electron chi connectivity index (χ1n) is 6.49. The molecule has 3 nitrogen and oxygen atoms in total. The van der Waals surface area contributed by atoms with E-state index in [0.29, 0.717) is 6.04 Å². The average Bonchev–Trinajstić information content (AvgIpc) is 2.90. The summed E-state index contributed by atoms with van der Waals surface area (Å²) in [6.07, 6.45) is 1.88. The number of benzene rings is 2. The molecule has 0 aliphatic rings. The van der Waals surface area contributed by atoms with Gasteiger partial charge in [0, 0.05) is 11.7 Å². The third-order valence-electron chi connectivity index (χ3n) is 3.53. The fraction of sp³-hybridized carbons (Fsp3) is 0.188. The van der Waals surface area contributed by atoms with Crippen molar-refractivity contribution in [3.8, 4) is 5.69 Å². The normalized spacial score (nSPS) is 12.7. The first-order valence-corrected chi connectivity index (χ1v) is 6.49. The molecule has 96 valence electrons. The highest BCUT2D eigenvalue weighted by atomic mass is 15.0. The van der Waals surface area contributed by atoms with Gasteiger partial charge in [-0.15, -0.1) is 0 Å². The van der Waals surface area contributed by atoms with Crippen LogP contribution in [-0.2, 0) is 0 Å². The minimum atomic E-state index is 0.342. The van der Waals surface area contributed by atoms with Gasteiger partial charge in [0.25, 0.3) is 0 Å². The van der Waals surface area contributed by atoms with Crippen LogP contribution in [0.5, 0.6) is 0 Å². The van der Waals surface area contributed by atoms with Crippen LogP contribution in [0.15, 0.2) is 54.9 Å². The number of hydrogen-bond donors (Lipinski definition) is 1. The standard InChI is InChI=1S/C16H17N3/c1-12(17-2)13-6-5-7-14(10-13)19-11-18-15-8-3-4-9-16(15)19/h3-12,17H,1-2H3. The quantitative estimate of drug-likeness (QED) is 0.774. The van der Waals surface area contributed by atoms with Crippen molar-refractivity contribution in [2.45, 2.75) is 13.0 Å². The van der Waals surface area contributed by atoms with E-state index in [1.807, 2.05) is 31.6 Å².